The fraction of sp³-hybridized carbons (Fsp3) is 0.296. The summed E-state index contributed by atoms with van der Waals surface area (Å²) in [7, 11) is 1.00. The largest absolute Gasteiger partial charge is 0.507 e. The molecule has 4 rings (SSSR count). The van der Waals surface area contributed by atoms with Crippen molar-refractivity contribution in [3.63, 3.8) is 0 Å². The van der Waals surface area contributed by atoms with Crippen LogP contribution < -0.4 is 9.62 Å². The summed E-state index contributed by atoms with van der Waals surface area (Å²) in [6, 6.07) is 7.08. The number of carbonyl (C=O) groups is 2. The number of aromatic carboxylic acids is 1. The van der Waals surface area contributed by atoms with Crippen LogP contribution in [0.5, 0.6) is 5.75 Å². The summed E-state index contributed by atoms with van der Waals surface area (Å²) in [6.07, 6.45) is 6.12. The van der Waals surface area contributed by atoms with Gasteiger partial charge in [0, 0.05) is 25.1 Å². The van der Waals surface area contributed by atoms with Crippen LogP contribution in [0.25, 0.3) is 0 Å². The fourth-order valence-electron chi connectivity index (χ4n) is 4.32. The average Bonchev–Trinajstić information content (AvgIpc) is 3.52. The van der Waals surface area contributed by atoms with Gasteiger partial charge >= 0.3 is 5.97 Å². The second kappa shape index (κ2) is 14.2. The molecule has 1 aliphatic rings. The average molecular weight is 600 g/mol. The Morgan fingerprint density at radius 3 is 2.12 bits per heavy atom. The van der Waals surface area contributed by atoms with Crippen LogP contribution in [0.15, 0.2) is 41.4 Å². The number of hydrogen-bond donors (Lipinski definition) is 4. The van der Waals surface area contributed by atoms with Crippen LogP contribution in [0.1, 0.15) is 53.2 Å². The molecule has 1 amide bonds. The third kappa shape index (κ3) is 7.31. The van der Waals surface area contributed by atoms with Gasteiger partial charge in [0.05, 0.1) is 18.8 Å². The highest BCUT2D eigenvalue weighted by molar-refractivity contribution is 7.97. The van der Waals surface area contributed by atoms with Crippen molar-refractivity contribution in [1.82, 2.24) is 9.71 Å². The Hall–Kier alpha value is -3.75. The van der Waals surface area contributed by atoms with E-state index in [1.54, 1.807) is 12.3 Å². The molecule has 1 saturated carbocycles. The number of aromatic nitrogens is 1. The van der Waals surface area contributed by atoms with E-state index in [1.165, 1.54) is 6.07 Å². The minimum absolute atomic E-state index is 0.0466. The minimum atomic E-state index is -2.30. The Balaban J connectivity index is 0.00000226. The highest BCUT2D eigenvalue weighted by atomic mass is 32.2. The van der Waals surface area contributed by atoms with Crippen molar-refractivity contribution in [2.75, 3.05) is 18.6 Å². The van der Waals surface area contributed by atoms with Crippen molar-refractivity contribution in [1.29, 1.82) is 0 Å². The molecular formula is C27H26F5N3O5S. The number of carboxylic acids is 1. The maximum atomic E-state index is 14.0. The summed E-state index contributed by atoms with van der Waals surface area (Å²) in [4.78, 5) is 28.7. The zero-order valence-electron chi connectivity index (χ0n) is 21.6. The van der Waals surface area contributed by atoms with E-state index in [-0.39, 0.29) is 24.2 Å². The van der Waals surface area contributed by atoms with Crippen LogP contribution in [-0.2, 0) is 11.3 Å². The monoisotopic (exact) mass is 599 g/mol. The minimum Gasteiger partial charge on any atom is -0.507 e. The van der Waals surface area contributed by atoms with Crippen molar-refractivity contribution >= 4 is 29.5 Å². The number of phenols is 1. The predicted octanol–water partition coefficient (Wildman–Crippen LogP) is 5.28. The molecule has 8 nitrogen and oxygen atoms in total. The maximum absolute atomic E-state index is 14.0. The topological polar surface area (TPSA) is 123 Å². The van der Waals surface area contributed by atoms with Crippen molar-refractivity contribution in [2.24, 2.45) is 0 Å². The highest BCUT2D eigenvalue weighted by Crippen LogP contribution is 2.34. The Morgan fingerprint density at radius 2 is 1.59 bits per heavy atom. The lowest BCUT2D eigenvalue weighted by molar-refractivity contribution is -0.117. The van der Waals surface area contributed by atoms with Crippen LogP contribution >= 0.6 is 11.9 Å². The molecule has 0 unspecified atom stereocenters. The summed E-state index contributed by atoms with van der Waals surface area (Å²) in [5.74, 6) is -12.9. The standard InChI is InChI=1S/C26H22F5N3O4S.CH4O/c27-20-21(28)23(30)25(24(31)22(20)29)39-33-11-19(36)34(16-7-8-17(26(37)38)18(35)9-16)12-15-6-5-14(10-32-15)13-3-1-2-4-13;1-2/h5-10,13,33,35H,1-4,11-12H2,(H,37,38);2H,1H3. The lowest BCUT2D eigenvalue weighted by Gasteiger charge is -2.23. The number of halogens is 5. The molecule has 1 aromatic heterocycles. The van der Waals surface area contributed by atoms with Gasteiger partial charge in [-0.2, -0.15) is 0 Å². The van der Waals surface area contributed by atoms with Gasteiger partial charge in [0.2, 0.25) is 11.7 Å². The molecule has 4 N–H and O–H groups in total. The van der Waals surface area contributed by atoms with E-state index < -0.39 is 63.7 Å². The zero-order valence-corrected chi connectivity index (χ0v) is 22.5. The van der Waals surface area contributed by atoms with Gasteiger partial charge in [-0.15, -0.1) is 0 Å². The predicted molar refractivity (Wildman–Crippen MR) is 140 cm³/mol. The normalized spacial score (nSPS) is 13.0. The van der Waals surface area contributed by atoms with Crippen LogP contribution in [0, 0.1) is 29.1 Å². The van der Waals surface area contributed by atoms with Crippen LogP contribution in [0.4, 0.5) is 27.6 Å². The Bertz CT molecular complexity index is 1380. The fourth-order valence-corrected chi connectivity index (χ4v) is 5.02. The quantitative estimate of drug-likeness (QED) is 0.114. The number of aliphatic hydroxyl groups is 1. The van der Waals surface area contributed by atoms with Gasteiger partial charge in [-0.3, -0.25) is 14.5 Å². The molecule has 14 heteroatoms. The second-order valence-electron chi connectivity index (χ2n) is 8.87. The number of nitrogens with one attached hydrogen (secondary N) is 1. The number of anilines is 1. The second-order valence-corrected chi connectivity index (χ2v) is 9.77. The van der Waals surface area contributed by atoms with Crippen LogP contribution in [0.2, 0.25) is 0 Å². The molecule has 0 radical (unpaired) electrons. The number of carboxylic acid groups (broad SMARTS) is 1. The van der Waals surface area contributed by atoms with E-state index in [9.17, 15) is 41.8 Å². The number of aliphatic hydroxyl groups excluding tert-OH is 1. The van der Waals surface area contributed by atoms with E-state index in [2.05, 4.69) is 9.71 Å². The Labute approximate surface area is 236 Å². The molecule has 3 aromatic rings. The summed E-state index contributed by atoms with van der Waals surface area (Å²) >= 11 is 0.0466. The molecular weight excluding hydrogens is 573 g/mol. The molecule has 0 aliphatic heterocycles. The molecule has 41 heavy (non-hydrogen) atoms. The number of nitrogens with zero attached hydrogens (tertiary/aromatic N) is 2. The van der Waals surface area contributed by atoms with Gasteiger partial charge in [-0.25, -0.2) is 26.7 Å². The molecule has 1 aliphatic carbocycles. The number of rotatable bonds is 9. The summed E-state index contributed by atoms with van der Waals surface area (Å²) in [5.41, 5.74) is 1.22. The van der Waals surface area contributed by atoms with Gasteiger partial charge in [-0.05, 0) is 54.5 Å². The number of benzene rings is 2. The van der Waals surface area contributed by atoms with E-state index in [0.29, 0.717) is 11.6 Å². The molecule has 0 spiro atoms. The number of aromatic hydroxyl groups is 1. The van der Waals surface area contributed by atoms with Crippen molar-refractivity contribution < 1.29 is 46.9 Å². The Morgan fingerprint density at radius 1 is 0.976 bits per heavy atom. The summed E-state index contributed by atoms with van der Waals surface area (Å²) < 4.78 is 70.5. The first kappa shape index (κ1) is 31.8. The first-order valence-corrected chi connectivity index (χ1v) is 13.1. The molecule has 1 fully saturated rings. The van der Waals surface area contributed by atoms with Gasteiger partial charge in [0.25, 0.3) is 0 Å². The molecule has 0 bridgehead atoms. The smallest absolute Gasteiger partial charge is 0.339 e. The number of pyridine rings is 1. The van der Waals surface area contributed by atoms with Gasteiger partial charge in [-0.1, -0.05) is 18.9 Å². The summed E-state index contributed by atoms with van der Waals surface area (Å²) in [5, 5.41) is 26.3. The third-order valence-corrected chi connectivity index (χ3v) is 7.24. The van der Waals surface area contributed by atoms with Crippen molar-refractivity contribution in [3.8, 4) is 5.75 Å². The highest BCUT2D eigenvalue weighted by Gasteiger charge is 2.27. The summed E-state index contributed by atoms with van der Waals surface area (Å²) in [6.45, 7) is -0.754. The Kier molecular flexibility index (Phi) is 11.0. The molecule has 1 heterocycles. The first-order chi connectivity index (χ1) is 19.6. The lowest BCUT2D eigenvalue weighted by atomic mass is 9.99. The number of carbonyl (C=O) groups excluding carboxylic acids is 1. The zero-order chi connectivity index (χ0) is 30.3. The van der Waals surface area contributed by atoms with Crippen LogP contribution in [0.3, 0.4) is 0 Å². The van der Waals surface area contributed by atoms with Crippen molar-refractivity contribution in [3.05, 3.63) is 82.4 Å². The molecule has 2 aromatic carbocycles. The van der Waals surface area contributed by atoms with E-state index in [1.807, 2.05) is 6.07 Å². The van der Waals surface area contributed by atoms with Crippen molar-refractivity contribution in [2.45, 2.75) is 43.0 Å². The molecule has 0 atom stereocenters. The number of amides is 1. The van der Waals surface area contributed by atoms with E-state index >= 15 is 0 Å². The SMILES string of the molecule is CO.O=C(O)c1ccc(N(Cc2ccc(C3CCCC3)cn2)C(=O)CNSc2c(F)c(F)c(F)c(F)c2F)cc1O. The number of hydrogen-bond acceptors (Lipinski definition) is 7. The first-order valence-electron chi connectivity index (χ1n) is 12.3. The van der Waals surface area contributed by atoms with Gasteiger partial charge < -0.3 is 20.2 Å². The van der Waals surface area contributed by atoms with Gasteiger partial charge in [0.15, 0.2) is 23.3 Å². The third-order valence-electron chi connectivity index (χ3n) is 6.39. The molecule has 0 saturated heterocycles. The van der Waals surface area contributed by atoms with Gasteiger partial charge in [0.1, 0.15) is 16.2 Å². The molecule has 220 valence electrons. The van der Waals surface area contributed by atoms with Crippen LogP contribution in [-0.4, -0.2) is 45.8 Å². The van der Waals surface area contributed by atoms with E-state index in [0.717, 1.165) is 55.4 Å². The maximum Gasteiger partial charge on any atom is 0.339 e. The van der Waals surface area contributed by atoms with E-state index in [4.69, 9.17) is 5.11 Å². The lowest BCUT2D eigenvalue weighted by Crippen LogP contribution is -2.36.